The lowest BCUT2D eigenvalue weighted by molar-refractivity contribution is 0.0935. The van der Waals surface area contributed by atoms with Crippen LogP contribution < -0.4 is 11.1 Å². The third-order valence-electron chi connectivity index (χ3n) is 3.34. The summed E-state index contributed by atoms with van der Waals surface area (Å²) in [5, 5.41) is 3.05. The molecule has 2 aromatic rings. The fraction of sp³-hybridized carbons (Fsp3) is 0.235. The molecule has 1 atom stereocenters. The van der Waals surface area contributed by atoms with Crippen molar-refractivity contribution in [2.75, 3.05) is 5.73 Å². The van der Waals surface area contributed by atoms with Crippen molar-refractivity contribution in [3.8, 4) is 0 Å². The normalized spacial score (nSPS) is 11.9. The summed E-state index contributed by atoms with van der Waals surface area (Å²) in [4.78, 5) is 12.2. The smallest absolute Gasteiger partial charge is 0.251 e. The Morgan fingerprint density at radius 1 is 1.20 bits per heavy atom. The van der Waals surface area contributed by atoms with Gasteiger partial charge in [0.1, 0.15) is 0 Å². The summed E-state index contributed by atoms with van der Waals surface area (Å²) in [5.41, 5.74) is 9.23. The minimum absolute atomic E-state index is 0.0181. The Labute approximate surface area is 119 Å². The number of nitrogen functional groups attached to an aromatic ring is 1. The van der Waals surface area contributed by atoms with Gasteiger partial charge in [0.25, 0.3) is 5.91 Å². The van der Waals surface area contributed by atoms with Gasteiger partial charge in [0.2, 0.25) is 0 Å². The van der Waals surface area contributed by atoms with Crippen molar-refractivity contribution in [1.82, 2.24) is 5.32 Å². The summed E-state index contributed by atoms with van der Waals surface area (Å²) in [6, 6.07) is 15.3. The van der Waals surface area contributed by atoms with E-state index in [1.165, 1.54) is 5.56 Å². The van der Waals surface area contributed by atoms with Gasteiger partial charge < -0.3 is 11.1 Å². The van der Waals surface area contributed by atoms with Crippen LogP contribution in [-0.2, 0) is 0 Å². The Morgan fingerprint density at radius 2 is 1.90 bits per heavy atom. The molecule has 0 aliphatic heterocycles. The molecular weight excluding hydrogens is 248 g/mol. The van der Waals surface area contributed by atoms with E-state index in [1.54, 1.807) is 24.3 Å². The molecule has 0 saturated heterocycles. The molecule has 0 aromatic heterocycles. The average molecular weight is 268 g/mol. The van der Waals surface area contributed by atoms with E-state index >= 15 is 0 Å². The molecule has 3 heteroatoms. The molecule has 0 heterocycles. The number of carbonyl (C=O) groups excluding carboxylic acids is 1. The standard InChI is InChI=1S/C17H20N2O/c1-3-16(13-9-7-12(2)8-10-13)19-17(20)14-5-4-6-15(18)11-14/h4-11,16H,3,18H2,1-2H3,(H,19,20). The molecule has 1 amide bonds. The van der Waals surface area contributed by atoms with E-state index in [1.807, 2.05) is 0 Å². The Bertz CT molecular complexity index is 590. The number of rotatable bonds is 4. The van der Waals surface area contributed by atoms with Crippen molar-refractivity contribution in [3.05, 3.63) is 65.2 Å². The fourth-order valence-corrected chi connectivity index (χ4v) is 2.14. The van der Waals surface area contributed by atoms with E-state index in [0.29, 0.717) is 11.3 Å². The molecule has 3 nitrogen and oxygen atoms in total. The molecule has 0 saturated carbocycles. The molecule has 104 valence electrons. The maximum atomic E-state index is 12.2. The van der Waals surface area contributed by atoms with Gasteiger partial charge in [-0.2, -0.15) is 0 Å². The van der Waals surface area contributed by atoms with Gasteiger partial charge in [-0.3, -0.25) is 4.79 Å². The predicted molar refractivity (Wildman–Crippen MR) is 82.5 cm³/mol. The summed E-state index contributed by atoms with van der Waals surface area (Å²) in [7, 11) is 0. The first-order chi connectivity index (χ1) is 9.60. The molecule has 2 aromatic carbocycles. The molecule has 0 aliphatic carbocycles. The van der Waals surface area contributed by atoms with Gasteiger partial charge in [0, 0.05) is 11.3 Å². The monoisotopic (exact) mass is 268 g/mol. The van der Waals surface area contributed by atoms with Crippen molar-refractivity contribution in [2.45, 2.75) is 26.3 Å². The van der Waals surface area contributed by atoms with Crippen molar-refractivity contribution >= 4 is 11.6 Å². The van der Waals surface area contributed by atoms with Gasteiger partial charge in [-0.25, -0.2) is 0 Å². The predicted octanol–water partition coefficient (Wildman–Crippen LogP) is 3.46. The van der Waals surface area contributed by atoms with Gasteiger partial charge in [-0.05, 0) is 37.1 Å². The lowest BCUT2D eigenvalue weighted by Crippen LogP contribution is -2.28. The SMILES string of the molecule is CCC(NC(=O)c1cccc(N)c1)c1ccc(C)cc1. The lowest BCUT2D eigenvalue weighted by atomic mass is 10.0. The zero-order valence-corrected chi connectivity index (χ0v) is 11.9. The second-order valence-corrected chi connectivity index (χ2v) is 4.97. The highest BCUT2D eigenvalue weighted by molar-refractivity contribution is 5.95. The van der Waals surface area contributed by atoms with Crippen LogP contribution in [0.15, 0.2) is 48.5 Å². The van der Waals surface area contributed by atoms with E-state index in [9.17, 15) is 4.79 Å². The van der Waals surface area contributed by atoms with Gasteiger partial charge in [-0.15, -0.1) is 0 Å². The van der Waals surface area contributed by atoms with Gasteiger partial charge >= 0.3 is 0 Å². The Balaban J connectivity index is 2.14. The number of hydrogen-bond donors (Lipinski definition) is 2. The summed E-state index contributed by atoms with van der Waals surface area (Å²) in [6.07, 6.45) is 0.844. The molecule has 20 heavy (non-hydrogen) atoms. The largest absolute Gasteiger partial charge is 0.399 e. The molecular formula is C17H20N2O. The van der Waals surface area contributed by atoms with Crippen LogP contribution in [0.5, 0.6) is 0 Å². The van der Waals surface area contributed by atoms with Crippen molar-refractivity contribution in [1.29, 1.82) is 0 Å². The summed E-state index contributed by atoms with van der Waals surface area (Å²) in [5.74, 6) is -0.0928. The van der Waals surface area contributed by atoms with Crippen LogP contribution in [0.4, 0.5) is 5.69 Å². The summed E-state index contributed by atoms with van der Waals surface area (Å²) < 4.78 is 0. The van der Waals surface area contributed by atoms with Crippen LogP contribution in [0.2, 0.25) is 0 Å². The van der Waals surface area contributed by atoms with Crippen LogP contribution in [0.1, 0.15) is 40.9 Å². The second kappa shape index (κ2) is 6.24. The van der Waals surface area contributed by atoms with E-state index in [2.05, 4.69) is 43.4 Å². The summed E-state index contributed by atoms with van der Waals surface area (Å²) >= 11 is 0. The van der Waals surface area contributed by atoms with Crippen LogP contribution in [0.25, 0.3) is 0 Å². The highest BCUT2D eigenvalue weighted by Crippen LogP contribution is 2.18. The molecule has 0 bridgehead atoms. The second-order valence-electron chi connectivity index (χ2n) is 4.97. The van der Waals surface area contributed by atoms with Crippen LogP contribution in [0, 0.1) is 6.92 Å². The lowest BCUT2D eigenvalue weighted by Gasteiger charge is -2.18. The third-order valence-corrected chi connectivity index (χ3v) is 3.34. The van der Waals surface area contributed by atoms with Gasteiger partial charge in [-0.1, -0.05) is 42.8 Å². The van der Waals surface area contributed by atoms with Crippen LogP contribution in [-0.4, -0.2) is 5.91 Å². The van der Waals surface area contributed by atoms with Crippen molar-refractivity contribution < 1.29 is 4.79 Å². The van der Waals surface area contributed by atoms with Crippen LogP contribution in [0.3, 0.4) is 0 Å². The maximum absolute atomic E-state index is 12.2. The number of benzene rings is 2. The minimum Gasteiger partial charge on any atom is -0.399 e. The fourth-order valence-electron chi connectivity index (χ4n) is 2.14. The first kappa shape index (κ1) is 14.1. The van der Waals surface area contributed by atoms with E-state index < -0.39 is 0 Å². The van der Waals surface area contributed by atoms with Gasteiger partial charge in [0.05, 0.1) is 6.04 Å². The average Bonchev–Trinajstić information content (AvgIpc) is 2.45. The molecule has 3 N–H and O–H groups in total. The molecule has 0 radical (unpaired) electrons. The number of nitrogens with two attached hydrogens (primary N) is 1. The first-order valence-corrected chi connectivity index (χ1v) is 6.83. The highest BCUT2D eigenvalue weighted by Gasteiger charge is 2.14. The number of hydrogen-bond acceptors (Lipinski definition) is 2. The van der Waals surface area contributed by atoms with E-state index in [4.69, 9.17) is 5.73 Å². The number of aryl methyl sites for hydroxylation is 1. The molecule has 0 fully saturated rings. The first-order valence-electron chi connectivity index (χ1n) is 6.83. The highest BCUT2D eigenvalue weighted by atomic mass is 16.1. The number of amides is 1. The van der Waals surface area contributed by atoms with E-state index in [-0.39, 0.29) is 11.9 Å². The Morgan fingerprint density at radius 3 is 2.50 bits per heavy atom. The summed E-state index contributed by atoms with van der Waals surface area (Å²) in [6.45, 7) is 4.11. The molecule has 1 unspecified atom stereocenters. The Hall–Kier alpha value is -2.29. The van der Waals surface area contributed by atoms with E-state index in [0.717, 1.165) is 12.0 Å². The molecule has 2 rings (SSSR count). The molecule has 0 spiro atoms. The quantitative estimate of drug-likeness (QED) is 0.834. The Kier molecular flexibility index (Phi) is 4.41. The van der Waals surface area contributed by atoms with Crippen molar-refractivity contribution in [3.63, 3.8) is 0 Å². The molecule has 0 aliphatic rings. The zero-order chi connectivity index (χ0) is 14.5. The topological polar surface area (TPSA) is 55.1 Å². The number of carbonyl (C=O) groups is 1. The minimum atomic E-state index is -0.0928. The third kappa shape index (κ3) is 3.38. The number of nitrogens with one attached hydrogen (secondary N) is 1. The zero-order valence-electron chi connectivity index (χ0n) is 11.9. The van der Waals surface area contributed by atoms with Gasteiger partial charge in [0.15, 0.2) is 0 Å². The maximum Gasteiger partial charge on any atom is 0.251 e. The van der Waals surface area contributed by atoms with Crippen LogP contribution >= 0.6 is 0 Å². The van der Waals surface area contributed by atoms with Crippen molar-refractivity contribution in [2.24, 2.45) is 0 Å². The number of anilines is 1.